The number of rotatable bonds is 14. The van der Waals surface area contributed by atoms with Crippen molar-refractivity contribution in [2.24, 2.45) is 5.92 Å². The third-order valence-electron chi connectivity index (χ3n) is 9.27. The van der Waals surface area contributed by atoms with Gasteiger partial charge in [-0.25, -0.2) is 19.7 Å². The lowest BCUT2D eigenvalue weighted by Crippen LogP contribution is -2.51. The second-order valence-corrected chi connectivity index (χ2v) is 14.1. The van der Waals surface area contributed by atoms with Crippen molar-refractivity contribution in [3.05, 3.63) is 66.4 Å². The number of likely N-dealkylation sites (tertiary alicyclic amines) is 1. The quantitative estimate of drug-likeness (QED) is 0.0651. The number of alkyl carbamates (subject to hydrolysis) is 1. The fourth-order valence-corrected chi connectivity index (χ4v) is 6.50. The molecule has 6 rings (SSSR count). The van der Waals surface area contributed by atoms with Crippen LogP contribution in [0.1, 0.15) is 77.5 Å². The summed E-state index contributed by atoms with van der Waals surface area (Å²) in [5.74, 6) is 1.42. The van der Waals surface area contributed by atoms with E-state index in [1.807, 2.05) is 43.1 Å². The van der Waals surface area contributed by atoms with Crippen LogP contribution in [0.3, 0.4) is 0 Å². The van der Waals surface area contributed by atoms with Crippen LogP contribution >= 0.6 is 0 Å². The number of unbranched alkanes of at least 4 members (excludes halogenated alkanes) is 1. The van der Waals surface area contributed by atoms with Crippen molar-refractivity contribution in [1.29, 1.82) is 0 Å². The number of aromatic amines is 2. The number of ether oxygens (including phenoxy) is 2. The summed E-state index contributed by atoms with van der Waals surface area (Å²) in [7, 11) is 4.36. The minimum atomic E-state index is -0.680. The number of nitrogens with zero attached hydrogens (tertiary/aromatic N) is 4. The zero-order valence-electron chi connectivity index (χ0n) is 34.1. The van der Waals surface area contributed by atoms with Crippen LogP contribution in [0.2, 0.25) is 0 Å². The number of aromatic nitrogens is 5. The van der Waals surface area contributed by atoms with Gasteiger partial charge in [-0.2, -0.15) is 0 Å². The van der Waals surface area contributed by atoms with Gasteiger partial charge < -0.3 is 40.3 Å². The highest BCUT2D eigenvalue weighted by Gasteiger charge is 2.37. The van der Waals surface area contributed by atoms with Crippen LogP contribution in [0.5, 0.6) is 0 Å². The fourth-order valence-electron chi connectivity index (χ4n) is 6.50. The predicted octanol–water partition coefficient (Wildman–Crippen LogP) is 6.08. The Bertz CT molecular complexity index is 2080. The highest BCUT2D eigenvalue weighted by molar-refractivity contribution is 5.89. The summed E-state index contributed by atoms with van der Waals surface area (Å²) in [6.45, 7) is 10.0. The molecule has 0 spiro atoms. The summed E-state index contributed by atoms with van der Waals surface area (Å²) in [5, 5.41) is 9.47. The van der Waals surface area contributed by atoms with Gasteiger partial charge in [0, 0.05) is 24.9 Å². The van der Waals surface area contributed by atoms with Gasteiger partial charge in [0.2, 0.25) is 11.8 Å². The average Bonchev–Trinajstić information content (AvgIpc) is 3.99. The average molecular weight is 784 g/mol. The summed E-state index contributed by atoms with van der Waals surface area (Å²) in [4.78, 5) is 69.1. The summed E-state index contributed by atoms with van der Waals surface area (Å²) < 4.78 is 8.62. The number of pyridine rings is 1. The number of likely N-dealkylation sites (N-methyl/N-ethyl adjacent to an activating group) is 1. The van der Waals surface area contributed by atoms with E-state index in [2.05, 4.69) is 79.8 Å². The SMILES string of the molecule is CCC.CNCC(=O)NCCCCc1ncc(-c2ccc3cc(-c4ccc5nc(C6CCCN6C(=O)C(NC(=O)OC)C(C)C)[nH]c5c4)ccc3n2)[nH]1.COC=O. The van der Waals surface area contributed by atoms with Gasteiger partial charge in [-0.1, -0.05) is 52.3 Å². The first-order valence-electron chi connectivity index (χ1n) is 19.5. The maximum Gasteiger partial charge on any atom is 0.407 e. The molecule has 2 aromatic carbocycles. The van der Waals surface area contributed by atoms with Crippen LogP contribution in [0.4, 0.5) is 4.79 Å². The zero-order chi connectivity index (χ0) is 41.3. The standard InChI is InChI=1S/C37H45N9O4.C3H8.C2H4O2/c1-22(2)34(45-37(49)50-4)36(48)46-17-7-8-31(46)35-43-27-14-11-24(19-29(27)44-35)23-10-13-26-25(18-23)12-15-28(41-26)30-20-40-32(42-30)9-5-6-16-39-33(47)21-38-3;1-3-2;1-4-2-3/h10-15,18-20,22,31,34,38H,5-9,16-17,21H2,1-4H3,(H,39,47)(H,40,42)(H,43,44)(H,45,49);3H2,1-2H3;2H,1H3. The number of hydrogen-bond acceptors (Lipinski definition) is 10. The molecule has 5 aromatic rings. The third-order valence-corrected chi connectivity index (χ3v) is 9.27. The molecule has 3 aromatic heterocycles. The molecule has 1 aliphatic rings. The van der Waals surface area contributed by atoms with Crippen molar-refractivity contribution in [3.8, 4) is 22.5 Å². The van der Waals surface area contributed by atoms with E-state index in [0.717, 1.165) is 88.2 Å². The van der Waals surface area contributed by atoms with Crippen LogP contribution in [0, 0.1) is 5.92 Å². The topological polar surface area (TPSA) is 196 Å². The Morgan fingerprint density at radius 2 is 1.70 bits per heavy atom. The van der Waals surface area contributed by atoms with E-state index in [1.54, 1.807) is 7.05 Å². The maximum atomic E-state index is 13.6. The lowest BCUT2D eigenvalue weighted by atomic mass is 10.0. The second-order valence-electron chi connectivity index (χ2n) is 14.1. The van der Waals surface area contributed by atoms with Crippen molar-refractivity contribution < 1.29 is 28.7 Å². The summed E-state index contributed by atoms with van der Waals surface area (Å²) in [6.07, 6.45) is 6.70. The lowest BCUT2D eigenvalue weighted by Gasteiger charge is -2.29. The zero-order valence-corrected chi connectivity index (χ0v) is 34.1. The molecule has 2 atom stereocenters. The molecule has 0 aliphatic carbocycles. The Balaban J connectivity index is 0.000000954. The molecule has 1 fully saturated rings. The Hall–Kier alpha value is -5.83. The van der Waals surface area contributed by atoms with Gasteiger partial charge in [0.05, 0.1) is 60.9 Å². The molecule has 15 heteroatoms. The van der Waals surface area contributed by atoms with Crippen molar-refractivity contribution in [2.75, 3.05) is 40.9 Å². The molecule has 1 aliphatic heterocycles. The first-order chi connectivity index (χ1) is 27.6. The molecule has 2 unspecified atom stereocenters. The number of carbonyl (C=O) groups is 4. The van der Waals surface area contributed by atoms with Gasteiger partial charge in [0.25, 0.3) is 6.47 Å². The van der Waals surface area contributed by atoms with Gasteiger partial charge in [0.15, 0.2) is 0 Å². The van der Waals surface area contributed by atoms with E-state index in [-0.39, 0.29) is 23.8 Å². The van der Waals surface area contributed by atoms with Crippen molar-refractivity contribution in [1.82, 2.24) is 45.8 Å². The number of methoxy groups -OCH3 is 2. The van der Waals surface area contributed by atoms with Crippen molar-refractivity contribution in [3.63, 3.8) is 0 Å². The minimum Gasteiger partial charge on any atom is -0.471 e. The Morgan fingerprint density at radius 3 is 2.39 bits per heavy atom. The van der Waals surface area contributed by atoms with E-state index >= 15 is 0 Å². The van der Waals surface area contributed by atoms with Crippen LogP contribution in [-0.4, -0.2) is 101 Å². The van der Waals surface area contributed by atoms with Gasteiger partial charge in [-0.3, -0.25) is 14.4 Å². The molecule has 0 radical (unpaired) electrons. The van der Waals surface area contributed by atoms with Crippen molar-refractivity contribution in [2.45, 2.75) is 78.3 Å². The van der Waals surface area contributed by atoms with Crippen LogP contribution < -0.4 is 16.0 Å². The minimum absolute atomic E-state index is 0.00538. The van der Waals surface area contributed by atoms with E-state index in [9.17, 15) is 14.4 Å². The Morgan fingerprint density at radius 1 is 0.982 bits per heavy atom. The van der Waals surface area contributed by atoms with E-state index in [0.29, 0.717) is 26.1 Å². The van der Waals surface area contributed by atoms with Gasteiger partial charge in [-0.15, -0.1) is 0 Å². The smallest absolute Gasteiger partial charge is 0.407 e. The molecule has 3 amide bonds. The van der Waals surface area contributed by atoms with Gasteiger partial charge >= 0.3 is 6.09 Å². The Labute approximate surface area is 334 Å². The molecule has 57 heavy (non-hydrogen) atoms. The summed E-state index contributed by atoms with van der Waals surface area (Å²) in [6, 6.07) is 15.6. The molecule has 4 heterocycles. The van der Waals surface area contributed by atoms with E-state index in [1.165, 1.54) is 20.6 Å². The van der Waals surface area contributed by atoms with E-state index in [4.69, 9.17) is 19.5 Å². The van der Waals surface area contributed by atoms with Crippen molar-refractivity contribution >= 4 is 46.3 Å². The first kappa shape index (κ1) is 43.9. The van der Waals surface area contributed by atoms with Crippen LogP contribution in [0.25, 0.3) is 44.5 Å². The number of benzene rings is 2. The fraction of sp³-hybridized carbons (Fsp3) is 0.452. The lowest BCUT2D eigenvalue weighted by molar-refractivity contribution is -0.135. The van der Waals surface area contributed by atoms with Crippen LogP contribution in [-0.2, 0) is 30.3 Å². The van der Waals surface area contributed by atoms with E-state index < -0.39 is 12.1 Å². The number of aryl methyl sites for hydroxylation is 1. The first-order valence-corrected chi connectivity index (χ1v) is 19.5. The number of imidazole rings is 2. The summed E-state index contributed by atoms with van der Waals surface area (Å²) in [5.41, 5.74) is 6.41. The number of H-pyrrole nitrogens is 2. The maximum absolute atomic E-state index is 13.6. The Kier molecular flexibility index (Phi) is 17.0. The molecule has 0 bridgehead atoms. The normalized spacial score (nSPS) is 14.0. The van der Waals surface area contributed by atoms with Gasteiger partial charge in [-0.05, 0) is 80.1 Å². The number of fused-ring (bicyclic) bond motifs is 2. The van der Waals surface area contributed by atoms with Crippen LogP contribution in [0.15, 0.2) is 54.7 Å². The number of carbonyl (C=O) groups excluding carboxylic acids is 4. The number of amides is 3. The predicted molar refractivity (Wildman–Crippen MR) is 221 cm³/mol. The third kappa shape index (κ3) is 12.1. The monoisotopic (exact) mass is 783 g/mol. The number of hydrogen-bond donors (Lipinski definition) is 5. The second kappa shape index (κ2) is 22.0. The molecular weight excluding hydrogens is 727 g/mol. The molecule has 5 N–H and O–H groups in total. The number of nitrogens with one attached hydrogen (secondary N) is 5. The molecular formula is C42H57N9O6. The summed E-state index contributed by atoms with van der Waals surface area (Å²) >= 11 is 0. The molecule has 0 saturated carbocycles. The molecule has 306 valence electrons. The largest absolute Gasteiger partial charge is 0.471 e. The van der Waals surface area contributed by atoms with Gasteiger partial charge in [0.1, 0.15) is 17.7 Å². The highest BCUT2D eigenvalue weighted by atomic mass is 16.5. The highest BCUT2D eigenvalue weighted by Crippen LogP contribution is 2.34. The molecule has 15 nitrogen and oxygen atoms in total. The molecule has 1 saturated heterocycles.